The van der Waals surface area contributed by atoms with Gasteiger partial charge in [-0.3, -0.25) is 0 Å². The molecule has 0 atom stereocenters. The summed E-state index contributed by atoms with van der Waals surface area (Å²) >= 11 is 0. The van der Waals surface area contributed by atoms with Crippen LogP contribution in [0.2, 0.25) is 0 Å². The summed E-state index contributed by atoms with van der Waals surface area (Å²) in [7, 11) is 0. The molecule has 0 saturated carbocycles. The molecule has 2 rings (SSSR count). The van der Waals surface area contributed by atoms with Crippen LogP contribution in [0, 0.1) is 6.92 Å². The molecule has 80 valence electrons. The Morgan fingerprint density at radius 3 is 2.87 bits per heavy atom. The van der Waals surface area contributed by atoms with Crippen LogP contribution in [0.1, 0.15) is 18.4 Å². The van der Waals surface area contributed by atoms with E-state index in [1.165, 1.54) is 0 Å². The van der Waals surface area contributed by atoms with Gasteiger partial charge in [-0.2, -0.15) is 0 Å². The monoisotopic (exact) mass is 206 g/mol. The third-order valence-electron chi connectivity index (χ3n) is 2.51. The zero-order valence-electron chi connectivity index (χ0n) is 8.77. The van der Waals surface area contributed by atoms with Gasteiger partial charge in [-0.25, -0.2) is 9.78 Å². The fraction of sp³-hybridized carbons (Fsp3) is 0.455. The molecule has 1 saturated heterocycles. The van der Waals surface area contributed by atoms with E-state index in [0.29, 0.717) is 5.88 Å². The number of amides is 1. The van der Waals surface area contributed by atoms with Gasteiger partial charge in [0.1, 0.15) is 0 Å². The number of ether oxygens (including phenoxy) is 1. The number of likely N-dealkylation sites (tertiary alicyclic amines) is 1. The third-order valence-corrected chi connectivity index (χ3v) is 2.51. The maximum Gasteiger partial charge on any atom is 0.416 e. The van der Waals surface area contributed by atoms with E-state index in [-0.39, 0.29) is 6.09 Å². The maximum atomic E-state index is 11.6. The van der Waals surface area contributed by atoms with E-state index in [4.69, 9.17) is 4.74 Å². The van der Waals surface area contributed by atoms with Crippen molar-refractivity contribution in [3.8, 4) is 5.88 Å². The summed E-state index contributed by atoms with van der Waals surface area (Å²) in [5, 5.41) is 0. The normalized spacial score (nSPS) is 15.4. The first-order valence-electron chi connectivity index (χ1n) is 5.16. The van der Waals surface area contributed by atoms with E-state index in [9.17, 15) is 4.79 Å². The zero-order valence-corrected chi connectivity index (χ0v) is 8.77. The first kappa shape index (κ1) is 9.96. The predicted molar refractivity (Wildman–Crippen MR) is 55.8 cm³/mol. The van der Waals surface area contributed by atoms with Crippen LogP contribution in [0.25, 0.3) is 0 Å². The highest BCUT2D eigenvalue weighted by Crippen LogP contribution is 2.15. The van der Waals surface area contributed by atoms with Crippen LogP contribution >= 0.6 is 0 Å². The summed E-state index contributed by atoms with van der Waals surface area (Å²) in [5.41, 5.74) is 0.880. The number of rotatable bonds is 1. The van der Waals surface area contributed by atoms with Gasteiger partial charge >= 0.3 is 6.09 Å². The standard InChI is InChI=1S/C11H14N2O2/c1-9-5-4-6-12-10(9)15-11(14)13-7-2-3-8-13/h4-6H,2-3,7-8H2,1H3. The van der Waals surface area contributed by atoms with Gasteiger partial charge in [0.05, 0.1) is 0 Å². The van der Waals surface area contributed by atoms with Crippen molar-refractivity contribution >= 4 is 6.09 Å². The second-order valence-electron chi connectivity index (χ2n) is 3.69. The Kier molecular flexibility index (Phi) is 2.85. The molecule has 1 amide bonds. The molecule has 0 spiro atoms. The van der Waals surface area contributed by atoms with Crippen molar-refractivity contribution in [2.75, 3.05) is 13.1 Å². The van der Waals surface area contributed by atoms with E-state index in [1.807, 2.05) is 19.1 Å². The average molecular weight is 206 g/mol. The van der Waals surface area contributed by atoms with Crippen molar-refractivity contribution in [1.82, 2.24) is 9.88 Å². The number of pyridine rings is 1. The van der Waals surface area contributed by atoms with Crippen LogP contribution < -0.4 is 4.74 Å². The van der Waals surface area contributed by atoms with E-state index >= 15 is 0 Å². The molecule has 4 heteroatoms. The average Bonchev–Trinajstić information content (AvgIpc) is 2.74. The minimum absolute atomic E-state index is 0.283. The van der Waals surface area contributed by atoms with Crippen LogP contribution in [-0.2, 0) is 0 Å². The Morgan fingerprint density at radius 2 is 2.20 bits per heavy atom. The quantitative estimate of drug-likeness (QED) is 0.705. The lowest BCUT2D eigenvalue weighted by molar-refractivity contribution is 0.160. The molecule has 0 N–H and O–H groups in total. The Bertz CT molecular complexity index is 359. The molecule has 1 aliphatic heterocycles. The highest BCUT2D eigenvalue weighted by Gasteiger charge is 2.20. The first-order chi connectivity index (χ1) is 7.27. The Balaban J connectivity index is 2.02. The molecule has 4 nitrogen and oxygen atoms in total. The van der Waals surface area contributed by atoms with Crippen LogP contribution in [0.15, 0.2) is 18.3 Å². The highest BCUT2D eigenvalue weighted by molar-refractivity contribution is 5.70. The second kappa shape index (κ2) is 4.29. The fourth-order valence-electron chi connectivity index (χ4n) is 1.63. The Labute approximate surface area is 88.9 Å². The number of carbonyl (C=O) groups is 1. The minimum atomic E-state index is -0.283. The maximum absolute atomic E-state index is 11.6. The number of nitrogens with zero attached hydrogens (tertiary/aromatic N) is 2. The molecule has 15 heavy (non-hydrogen) atoms. The largest absolute Gasteiger partial charge is 0.416 e. The molecule has 0 aromatic carbocycles. The lowest BCUT2D eigenvalue weighted by atomic mass is 10.3. The molecule has 1 aliphatic rings. The third kappa shape index (κ3) is 2.26. The smallest absolute Gasteiger partial charge is 0.391 e. The van der Waals surface area contributed by atoms with E-state index in [2.05, 4.69) is 4.98 Å². The van der Waals surface area contributed by atoms with Gasteiger partial charge < -0.3 is 9.64 Å². The highest BCUT2D eigenvalue weighted by atomic mass is 16.6. The molecular weight excluding hydrogens is 192 g/mol. The number of carbonyl (C=O) groups excluding carboxylic acids is 1. The van der Waals surface area contributed by atoms with Crippen molar-refractivity contribution in [3.05, 3.63) is 23.9 Å². The van der Waals surface area contributed by atoms with Crippen molar-refractivity contribution in [1.29, 1.82) is 0 Å². The topological polar surface area (TPSA) is 42.4 Å². The van der Waals surface area contributed by atoms with E-state index in [0.717, 1.165) is 31.5 Å². The first-order valence-corrected chi connectivity index (χ1v) is 5.16. The molecule has 1 aromatic heterocycles. The minimum Gasteiger partial charge on any atom is -0.391 e. The Hall–Kier alpha value is -1.58. The molecule has 0 radical (unpaired) electrons. The van der Waals surface area contributed by atoms with Gasteiger partial charge in [-0.15, -0.1) is 0 Å². The molecule has 1 aromatic rings. The molecule has 2 heterocycles. The van der Waals surface area contributed by atoms with Crippen molar-refractivity contribution in [2.24, 2.45) is 0 Å². The molecular formula is C11H14N2O2. The lowest BCUT2D eigenvalue weighted by Crippen LogP contribution is -2.30. The van der Waals surface area contributed by atoms with Gasteiger partial charge in [0.2, 0.25) is 5.88 Å². The summed E-state index contributed by atoms with van der Waals surface area (Å²) in [6.07, 6.45) is 3.47. The number of aromatic nitrogens is 1. The van der Waals surface area contributed by atoms with Crippen molar-refractivity contribution in [3.63, 3.8) is 0 Å². The Morgan fingerprint density at radius 1 is 1.47 bits per heavy atom. The summed E-state index contributed by atoms with van der Waals surface area (Å²) in [4.78, 5) is 17.4. The number of hydrogen-bond acceptors (Lipinski definition) is 3. The molecule has 0 unspecified atom stereocenters. The number of aryl methyl sites for hydroxylation is 1. The summed E-state index contributed by atoms with van der Waals surface area (Å²) in [6, 6.07) is 3.70. The number of hydrogen-bond donors (Lipinski definition) is 0. The molecule has 0 aliphatic carbocycles. The van der Waals surface area contributed by atoms with Crippen LogP contribution in [0.5, 0.6) is 5.88 Å². The SMILES string of the molecule is Cc1cccnc1OC(=O)N1CCCC1. The summed E-state index contributed by atoms with van der Waals surface area (Å²) in [6.45, 7) is 3.47. The fourth-order valence-corrected chi connectivity index (χ4v) is 1.63. The lowest BCUT2D eigenvalue weighted by Gasteiger charge is -2.14. The van der Waals surface area contributed by atoms with Crippen LogP contribution in [-0.4, -0.2) is 29.1 Å². The molecule has 1 fully saturated rings. The zero-order chi connectivity index (χ0) is 10.7. The predicted octanol–water partition coefficient (Wildman–Crippen LogP) is 1.98. The van der Waals surface area contributed by atoms with Gasteiger partial charge in [0.15, 0.2) is 0 Å². The van der Waals surface area contributed by atoms with Crippen LogP contribution in [0.4, 0.5) is 4.79 Å². The molecule has 0 bridgehead atoms. The van der Waals surface area contributed by atoms with Crippen molar-refractivity contribution in [2.45, 2.75) is 19.8 Å². The van der Waals surface area contributed by atoms with Crippen molar-refractivity contribution < 1.29 is 9.53 Å². The van der Waals surface area contributed by atoms with E-state index < -0.39 is 0 Å². The van der Waals surface area contributed by atoms with Gasteiger partial charge in [0, 0.05) is 24.8 Å². The summed E-state index contributed by atoms with van der Waals surface area (Å²) in [5.74, 6) is 0.411. The van der Waals surface area contributed by atoms with Crippen LogP contribution in [0.3, 0.4) is 0 Å². The second-order valence-corrected chi connectivity index (χ2v) is 3.69. The van der Waals surface area contributed by atoms with Gasteiger partial charge in [-0.1, -0.05) is 6.07 Å². The van der Waals surface area contributed by atoms with Gasteiger partial charge in [0.25, 0.3) is 0 Å². The summed E-state index contributed by atoms with van der Waals surface area (Å²) < 4.78 is 5.20. The van der Waals surface area contributed by atoms with E-state index in [1.54, 1.807) is 11.1 Å². The van der Waals surface area contributed by atoms with Gasteiger partial charge in [-0.05, 0) is 25.8 Å².